The standard InChI is InChI=1S/C15H18N4O/c1-3-19(13-7-5-4-6-8-13)14-10-12(15(16)18-20)9-11(2)17-14/h4-10,20H,3H2,1-2H3,(H2,16,18). The Morgan fingerprint density at radius 1 is 1.30 bits per heavy atom. The van der Waals surface area contributed by atoms with Crippen molar-refractivity contribution < 1.29 is 5.21 Å². The normalized spacial score (nSPS) is 11.4. The second-order valence-corrected chi connectivity index (χ2v) is 4.42. The second-order valence-electron chi connectivity index (χ2n) is 4.42. The number of pyridine rings is 1. The van der Waals surface area contributed by atoms with Crippen molar-refractivity contribution >= 4 is 17.3 Å². The molecule has 5 heteroatoms. The molecule has 0 aliphatic rings. The number of hydrogen-bond donors (Lipinski definition) is 2. The van der Waals surface area contributed by atoms with Crippen LogP contribution in [0.15, 0.2) is 47.6 Å². The number of benzene rings is 1. The third-order valence-corrected chi connectivity index (χ3v) is 3.00. The summed E-state index contributed by atoms with van der Waals surface area (Å²) in [6.45, 7) is 4.72. The lowest BCUT2D eigenvalue weighted by Crippen LogP contribution is -2.20. The first-order valence-electron chi connectivity index (χ1n) is 6.45. The molecule has 0 unspecified atom stereocenters. The summed E-state index contributed by atoms with van der Waals surface area (Å²) in [7, 11) is 0. The fourth-order valence-corrected chi connectivity index (χ4v) is 2.08. The molecule has 0 spiro atoms. The highest BCUT2D eigenvalue weighted by molar-refractivity contribution is 5.97. The molecular weight excluding hydrogens is 252 g/mol. The molecule has 1 aromatic carbocycles. The summed E-state index contributed by atoms with van der Waals surface area (Å²) in [6, 6.07) is 13.6. The molecule has 0 aliphatic carbocycles. The lowest BCUT2D eigenvalue weighted by molar-refractivity contribution is 0.318. The predicted octanol–water partition coefficient (Wildman–Crippen LogP) is 2.64. The molecule has 0 aliphatic heterocycles. The van der Waals surface area contributed by atoms with Crippen molar-refractivity contribution in [3.8, 4) is 0 Å². The monoisotopic (exact) mass is 270 g/mol. The van der Waals surface area contributed by atoms with E-state index in [4.69, 9.17) is 10.9 Å². The van der Waals surface area contributed by atoms with Crippen LogP contribution in [-0.2, 0) is 0 Å². The van der Waals surface area contributed by atoms with Crippen molar-refractivity contribution in [3.63, 3.8) is 0 Å². The summed E-state index contributed by atoms with van der Waals surface area (Å²) in [5, 5.41) is 11.9. The number of aromatic nitrogens is 1. The molecular formula is C15H18N4O. The summed E-state index contributed by atoms with van der Waals surface area (Å²) < 4.78 is 0. The molecule has 0 bridgehead atoms. The van der Waals surface area contributed by atoms with Crippen LogP contribution in [0.1, 0.15) is 18.2 Å². The van der Waals surface area contributed by atoms with Crippen LogP contribution in [0.5, 0.6) is 0 Å². The molecule has 1 aromatic heterocycles. The SMILES string of the molecule is CCN(c1ccccc1)c1cc(/C(N)=N/O)cc(C)n1. The maximum atomic E-state index is 8.81. The van der Waals surface area contributed by atoms with Crippen LogP contribution < -0.4 is 10.6 Å². The van der Waals surface area contributed by atoms with Gasteiger partial charge in [0.25, 0.3) is 0 Å². The summed E-state index contributed by atoms with van der Waals surface area (Å²) in [4.78, 5) is 6.60. The van der Waals surface area contributed by atoms with Crippen LogP contribution in [0, 0.1) is 6.92 Å². The van der Waals surface area contributed by atoms with Gasteiger partial charge in [-0.05, 0) is 38.1 Å². The average molecular weight is 270 g/mol. The molecule has 104 valence electrons. The van der Waals surface area contributed by atoms with E-state index in [-0.39, 0.29) is 5.84 Å². The van der Waals surface area contributed by atoms with Crippen LogP contribution in [0.2, 0.25) is 0 Å². The van der Waals surface area contributed by atoms with Crippen LogP contribution in [-0.4, -0.2) is 22.6 Å². The van der Waals surface area contributed by atoms with Gasteiger partial charge in [0.2, 0.25) is 0 Å². The number of aryl methyl sites for hydroxylation is 1. The summed E-state index contributed by atoms with van der Waals surface area (Å²) in [6.07, 6.45) is 0. The maximum absolute atomic E-state index is 8.81. The number of anilines is 2. The van der Waals surface area contributed by atoms with Crippen LogP contribution >= 0.6 is 0 Å². The molecule has 5 nitrogen and oxygen atoms in total. The van der Waals surface area contributed by atoms with Gasteiger partial charge in [0.15, 0.2) is 5.84 Å². The van der Waals surface area contributed by atoms with E-state index in [1.54, 1.807) is 6.07 Å². The molecule has 3 N–H and O–H groups in total. The Morgan fingerprint density at radius 2 is 2.00 bits per heavy atom. The van der Waals surface area contributed by atoms with Gasteiger partial charge in [-0.1, -0.05) is 23.4 Å². The molecule has 2 aromatic rings. The van der Waals surface area contributed by atoms with E-state index in [0.29, 0.717) is 5.56 Å². The maximum Gasteiger partial charge on any atom is 0.170 e. The van der Waals surface area contributed by atoms with Crippen LogP contribution in [0.3, 0.4) is 0 Å². The van der Waals surface area contributed by atoms with Gasteiger partial charge in [0, 0.05) is 23.5 Å². The molecule has 0 atom stereocenters. The predicted molar refractivity (Wildman–Crippen MR) is 80.6 cm³/mol. The lowest BCUT2D eigenvalue weighted by atomic mass is 10.2. The smallest absolute Gasteiger partial charge is 0.170 e. The molecule has 0 radical (unpaired) electrons. The Kier molecular flexibility index (Phi) is 4.20. The van der Waals surface area contributed by atoms with Gasteiger partial charge in [-0.15, -0.1) is 0 Å². The minimum atomic E-state index is 0.0841. The third-order valence-electron chi connectivity index (χ3n) is 3.00. The van der Waals surface area contributed by atoms with Crippen LogP contribution in [0.4, 0.5) is 11.5 Å². The number of hydrogen-bond acceptors (Lipinski definition) is 4. The Balaban J connectivity index is 2.48. The zero-order chi connectivity index (χ0) is 14.5. The number of nitrogens with zero attached hydrogens (tertiary/aromatic N) is 3. The lowest BCUT2D eigenvalue weighted by Gasteiger charge is -2.23. The molecule has 0 saturated carbocycles. The number of amidine groups is 1. The number of para-hydroxylation sites is 1. The van der Waals surface area contributed by atoms with Crippen molar-refractivity contribution in [3.05, 3.63) is 53.7 Å². The highest BCUT2D eigenvalue weighted by atomic mass is 16.4. The molecule has 20 heavy (non-hydrogen) atoms. The molecule has 0 amide bonds. The average Bonchev–Trinajstić information content (AvgIpc) is 2.48. The highest BCUT2D eigenvalue weighted by Crippen LogP contribution is 2.24. The van der Waals surface area contributed by atoms with Crippen molar-refractivity contribution in [1.29, 1.82) is 0 Å². The van der Waals surface area contributed by atoms with Crippen molar-refractivity contribution in [2.24, 2.45) is 10.9 Å². The fourth-order valence-electron chi connectivity index (χ4n) is 2.08. The summed E-state index contributed by atoms with van der Waals surface area (Å²) >= 11 is 0. The van der Waals surface area contributed by atoms with E-state index in [1.807, 2.05) is 43.3 Å². The van der Waals surface area contributed by atoms with Crippen molar-refractivity contribution in [2.75, 3.05) is 11.4 Å². The van der Waals surface area contributed by atoms with Gasteiger partial charge in [-0.25, -0.2) is 4.98 Å². The zero-order valence-electron chi connectivity index (χ0n) is 11.6. The van der Waals surface area contributed by atoms with Gasteiger partial charge in [-0.3, -0.25) is 0 Å². The summed E-state index contributed by atoms with van der Waals surface area (Å²) in [5.74, 6) is 0.862. The minimum absolute atomic E-state index is 0.0841. The number of oxime groups is 1. The van der Waals surface area contributed by atoms with E-state index in [9.17, 15) is 0 Å². The molecule has 0 fully saturated rings. The van der Waals surface area contributed by atoms with Gasteiger partial charge in [0.1, 0.15) is 5.82 Å². The Bertz CT molecular complexity index is 611. The van der Waals surface area contributed by atoms with Gasteiger partial charge >= 0.3 is 0 Å². The van der Waals surface area contributed by atoms with E-state index in [1.165, 1.54) is 0 Å². The number of nitrogens with two attached hydrogens (primary N) is 1. The van der Waals surface area contributed by atoms with Crippen molar-refractivity contribution in [1.82, 2.24) is 4.98 Å². The van der Waals surface area contributed by atoms with Gasteiger partial charge < -0.3 is 15.8 Å². The largest absolute Gasteiger partial charge is 0.409 e. The Labute approximate surface area is 118 Å². The second kappa shape index (κ2) is 6.06. The topological polar surface area (TPSA) is 74.7 Å². The van der Waals surface area contributed by atoms with E-state index < -0.39 is 0 Å². The zero-order valence-corrected chi connectivity index (χ0v) is 11.6. The van der Waals surface area contributed by atoms with E-state index >= 15 is 0 Å². The number of rotatable bonds is 4. The van der Waals surface area contributed by atoms with Gasteiger partial charge in [0.05, 0.1) is 0 Å². The first-order chi connectivity index (χ1) is 9.65. The van der Waals surface area contributed by atoms with Crippen molar-refractivity contribution in [2.45, 2.75) is 13.8 Å². The highest BCUT2D eigenvalue weighted by Gasteiger charge is 2.11. The quantitative estimate of drug-likeness (QED) is 0.387. The first-order valence-corrected chi connectivity index (χ1v) is 6.45. The van der Waals surface area contributed by atoms with Gasteiger partial charge in [-0.2, -0.15) is 0 Å². The van der Waals surface area contributed by atoms with Crippen LogP contribution in [0.25, 0.3) is 0 Å². The Hall–Kier alpha value is -2.56. The molecule has 2 rings (SSSR count). The third kappa shape index (κ3) is 2.88. The Morgan fingerprint density at radius 3 is 2.60 bits per heavy atom. The minimum Gasteiger partial charge on any atom is -0.409 e. The molecule has 1 heterocycles. The first kappa shape index (κ1) is 13.9. The van der Waals surface area contributed by atoms with E-state index in [0.717, 1.165) is 23.7 Å². The summed E-state index contributed by atoms with van der Waals surface area (Å²) in [5.41, 5.74) is 8.20. The van der Waals surface area contributed by atoms with E-state index in [2.05, 4.69) is 22.0 Å². The molecule has 0 saturated heterocycles. The fraction of sp³-hybridized carbons (Fsp3) is 0.200.